The highest BCUT2D eigenvalue weighted by Crippen LogP contribution is 2.33. The number of phenols is 1. The summed E-state index contributed by atoms with van der Waals surface area (Å²) >= 11 is 2.02. The third kappa shape index (κ3) is 3.65. The maximum absolute atomic E-state index is 9.70. The van der Waals surface area contributed by atoms with E-state index in [0.29, 0.717) is 17.2 Å². The molecule has 0 bridgehead atoms. The molecule has 1 atom stereocenters. The topological polar surface area (TPSA) is 32.3 Å². The Morgan fingerprint density at radius 1 is 1.41 bits per heavy atom. The zero-order valence-electron chi connectivity index (χ0n) is 10.6. The maximum Gasteiger partial charge on any atom is 0.120 e. The zero-order chi connectivity index (χ0) is 12.3. The number of thioether (sulfide) groups is 1. The Morgan fingerprint density at radius 3 is 2.88 bits per heavy atom. The van der Waals surface area contributed by atoms with Crippen molar-refractivity contribution in [1.82, 2.24) is 5.32 Å². The highest BCUT2D eigenvalue weighted by Gasteiger charge is 2.28. The number of nitrogens with one attached hydrogen (secondary N) is 1. The molecule has 17 heavy (non-hydrogen) atoms. The Balaban J connectivity index is 1.88. The van der Waals surface area contributed by atoms with Crippen LogP contribution in [0.3, 0.4) is 0 Å². The minimum Gasteiger partial charge on any atom is -0.508 e. The molecule has 1 aliphatic heterocycles. The summed E-state index contributed by atoms with van der Waals surface area (Å²) in [7, 11) is 0. The molecule has 1 aliphatic rings. The molecule has 0 aromatic heterocycles. The van der Waals surface area contributed by atoms with Gasteiger partial charge in [-0.3, -0.25) is 0 Å². The van der Waals surface area contributed by atoms with Crippen molar-refractivity contribution in [2.24, 2.45) is 5.41 Å². The molecule has 1 heterocycles. The van der Waals surface area contributed by atoms with Gasteiger partial charge >= 0.3 is 0 Å². The second-order valence-electron chi connectivity index (χ2n) is 5.59. The molecule has 1 aromatic carbocycles. The van der Waals surface area contributed by atoms with E-state index in [2.05, 4.69) is 19.2 Å². The summed E-state index contributed by atoms with van der Waals surface area (Å²) in [6.07, 6.45) is 1.22. The standard InChI is InChI=1S/C14H21NOS/c1-14(2)7-12(9-17-10-14)15-8-11-5-3-4-6-13(11)16/h3-6,12,15-16H,7-10H2,1-2H3. The molecule has 1 unspecified atom stereocenters. The molecule has 2 nitrogen and oxygen atoms in total. The minimum absolute atomic E-state index is 0.391. The summed E-state index contributed by atoms with van der Waals surface area (Å²) in [5.74, 6) is 2.82. The lowest BCUT2D eigenvalue weighted by atomic mass is 9.88. The van der Waals surface area contributed by atoms with Crippen LogP contribution in [0.5, 0.6) is 5.75 Å². The third-order valence-electron chi connectivity index (χ3n) is 3.18. The van der Waals surface area contributed by atoms with Gasteiger partial charge in [-0.05, 0) is 23.7 Å². The second-order valence-corrected chi connectivity index (χ2v) is 6.62. The van der Waals surface area contributed by atoms with Crippen LogP contribution in [-0.4, -0.2) is 22.7 Å². The predicted molar refractivity (Wildman–Crippen MR) is 74.5 cm³/mol. The first-order valence-corrected chi connectivity index (χ1v) is 7.30. The quantitative estimate of drug-likeness (QED) is 0.866. The van der Waals surface area contributed by atoms with E-state index in [-0.39, 0.29) is 0 Å². The van der Waals surface area contributed by atoms with Gasteiger partial charge in [-0.2, -0.15) is 11.8 Å². The third-order valence-corrected chi connectivity index (χ3v) is 4.81. The van der Waals surface area contributed by atoms with Gasteiger partial charge < -0.3 is 10.4 Å². The van der Waals surface area contributed by atoms with Crippen molar-refractivity contribution in [1.29, 1.82) is 0 Å². The molecular weight excluding hydrogens is 230 g/mol. The van der Waals surface area contributed by atoms with E-state index < -0.39 is 0 Å². The van der Waals surface area contributed by atoms with Crippen LogP contribution >= 0.6 is 11.8 Å². The number of hydrogen-bond donors (Lipinski definition) is 2. The van der Waals surface area contributed by atoms with Gasteiger partial charge in [0.15, 0.2) is 0 Å². The first-order valence-electron chi connectivity index (χ1n) is 6.15. The predicted octanol–water partition coefficient (Wildman–Crippen LogP) is 3.01. The number of aromatic hydroxyl groups is 1. The van der Waals surface area contributed by atoms with E-state index in [4.69, 9.17) is 0 Å². The molecule has 1 fully saturated rings. The molecule has 94 valence electrons. The van der Waals surface area contributed by atoms with Gasteiger partial charge in [0.05, 0.1) is 0 Å². The molecular formula is C14H21NOS. The van der Waals surface area contributed by atoms with Gasteiger partial charge in [0.25, 0.3) is 0 Å². The number of para-hydroxylation sites is 1. The van der Waals surface area contributed by atoms with Gasteiger partial charge in [0.2, 0.25) is 0 Å². The van der Waals surface area contributed by atoms with E-state index in [1.165, 1.54) is 17.9 Å². The van der Waals surface area contributed by atoms with E-state index >= 15 is 0 Å². The van der Waals surface area contributed by atoms with Gasteiger partial charge in [0.1, 0.15) is 5.75 Å². The highest BCUT2D eigenvalue weighted by atomic mass is 32.2. The fourth-order valence-corrected chi connectivity index (χ4v) is 3.62. The highest BCUT2D eigenvalue weighted by molar-refractivity contribution is 7.99. The summed E-state index contributed by atoms with van der Waals surface area (Å²) in [5, 5.41) is 13.3. The summed E-state index contributed by atoms with van der Waals surface area (Å²) in [6, 6.07) is 8.11. The monoisotopic (exact) mass is 251 g/mol. The molecule has 1 aromatic rings. The second kappa shape index (κ2) is 5.32. The van der Waals surface area contributed by atoms with Crippen molar-refractivity contribution in [3.05, 3.63) is 29.8 Å². The fraction of sp³-hybridized carbons (Fsp3) is 0.571. The van der Waals surface area contributed by atoms with Crippen molar-refractivity contribution in [3.63, 3.8) is 0 Å². The van der Waals surface area contributed by atoms with E-state index in [0.717, 1.165) is 12.1 Å². The van der Waals surface area contributed by atoms with Crippen molar-refractivity contribution in [2.75, 3.05) is 11.5 Å². The van der Waals surface area contributed by atoms with Crippen molar-refractivity contribution >= 4 is 11.8 Å². The first kappa shape index (κ1) is 12.8. The number of phenolic OH excluding ortho intramolecular Hbond substituents is 1. The maximum atomic E-state index is 9.70. The molecule has 2 N–H and O–H groups in total. The van der Waals surface area contributed by atoms with E-state index in [1.807, 2.05) is 30.0 Å². The van der Waals surface area contributed by atoms with Gasteiger partial charge in [-0.25, -0.2) is 0 Å². The van der Waals surface area contributed by atoms with Crippen molar-refractivity contribution in [2.45, 2.75) is 32.9 Å². The Hall–Kier alpha value is -0.670. The van der Waals surface area contributed by atoms with Crippen LogP contribution < -0.4 is 5.32 Å². The van der Waals surface area contributed by atoms with Gasteiger partial charge in [-0.15, -0.1) is 0 Å². The first-order chi connectivity index (χ1) is 8.07. The number of benzene rings is 1. The normalized spacial score (nSPS) is 23.5. The Bertz CT molecular complexity index is 378. The molecule has 0 spiro atoms. The van der Waals surface area contributed by atoms with Crippen LogP contribution in [0, 0.1) is 5.41 Å². The van der Waals surface area contributed by atoms with Gasteiger partial charge in [-0.1, -0.05) is 32.0 Å². The van der Waals surface area contributed by atoms with Crippen LogP contribution in [-0.2, 0) is 6.54 Å². The molecule has 3 heteroatoms. The molecule has 0 radical (unpaired) electrons. The molecule has 2 rings (SSSR count). The summed E-state index contributed by atoms with van der Waals surface area (Å²) in [6.45, 7) is 5.41. The van der Waals surface area contributed by atoms with E-state index in [9.17, 15) is 5.11 Å². The lowest BCUT2D eigenvalue weighted by molar-refractivity contribution is 0.316. The average molecular weight is 251 g/mol. The number of hydrogen-bond acceptors (Lipinski definition) is 3. The molecule has 0 saturated carbocycles. The number of rotatable bonds is 3. The van der Waals surface area contributed by atoms with Crippen LogP contribution in [0.2, 0.25) is 0 Å². The van der Waals surface area contributed by atoms with E-state index in [1.54, 1.807) is 6.07 Å². The summed E-state index contributed by atoms with van der Waals surface area (Å²) < 4.78 is 0. The molecule has 0 amide bonds. The smallest absolute Gasteiger partial charge is 0.120 e. The Kier molecular flexibility index (Phi) is 4.00. The van der Waals surface area contributed by atoms with Crippen molar-refractivity contribution in [3.8, 4) is 5.75 Å². The van der Waals surface area contributed by atoms with Crippen LogP contribution in [0.1, 0.15) is 25.8 Å². The lowest BCUT2D eigenvalue weighted by Crippen LogP contribution is -2.39. The van der Waals surface area contributed by atoms with Crippen LogP contribution in [0.4, 0.5) is 0 Å². The van der Waals surface area contributed by atoms with Crippen LogP contribution in [0.25, 0.3) is 0 Å². The zero-order valence-corrected chi connectivity index (χ0v) is 11.4. The van der Waals surface area contributed by atoms with Crippen LogP contribution in [0.15, 0.2) is 24.3 Å². The Morgan fingerprint density at radius 2 is 2.18 bits per heavy atom. The van der Waals surface area contributed by atoms with Gasteiger partial charge in [0, 0.05) is 23.9 Å². The molecule has 1 saturated heterocycles. The lowest BCUT2D eigenvalue weighted by Gasteiger charge is -2.35. The summed E-state index contributed by atoms with van der Waals surface area (Å²) in [5.41, 5.74) is 1.42. The average Bonchev–Trinajstić information content (AvgIpc) is 2.27. The SMILES string of the molecule is CC1(C)CSCC(NCc2ccccc2O)C1. The minimum atomic E-state index is 0.391. The fourth-order valence-electron chi connectivity index (χ4n) is 2.31. The molecule has 0 aliphatic carbocycles. The summed E-state index contributed by atoms with van der Waals surface area (Å²) in [4.78, 5) is 0. The largest absolute Gasteiger partial charge is 0.508 e. The Labute approximate surface area is 108 Å². The van der Waals surface area contributed by atoms with Crippen molar-refractivity contribution < 1.29 is 5.11 Å².